The van der Waals surface area contributed by atoms with Gasteiger partial charge in [-0.15, -0.1) is 0 Å². The Kier molecular flexibility index (Phi) is 3.46. The zero-order chi connectivity index (χ0) is 13.1. The van der Waals surface area contributed by atoms with Crippen molar-refractivity contribution in [2.24, 2.45) is 0 Å². The Labute approximate surface area is 106 Å². The van der Waals surface area contributed by atoms with Crippen LogP contribution in [0.5, 0.6) is 0 Å². The van der Waals surface area contributed by atoms with Crippen molar-refractivity contribution < 1.29 is 9.90 Å². The van der Waals surface area contributed by atoms with Gasteiger partial charge in [-0.3, -0.25) is 9.48 Å². The highest BCUT2D eigenvalue weighted by Gasteiger charge is 2.12. The number of aromatic nitrogens is 2. The lowest BCUT2D eigenvalue weighted by Gasteiger charge is -2.08. The topological polar surface area (TPSA) is 55.1 Å². The van der Waals surface area contributed by atoms with Gasteiger partial charge in [-0.25, -0.2) is 0 Å². The molecule has 1 aromatic carbocycles. The van der Waals surface area contributed by atoms with Crippen LogP contribution in [-0.4, -0.2) is 20.9 Å². The van der Waals surface area contributed by atoms with E-state index in [2.05, 4.69) is 5.10 Å². The van der Waals surface area contributed by atoms with Crippen LogP contribution < -0.4 is 0 Å². The summed E-state index contributed by atoms with van der Waals surface area (Å²) in [6.45, 7) is 4.41. The van der Waals surface area contributed by atoms with E-state index in [0.717, 1.165) is 16.8 Å². The summed E-state index contributed by atoms with van der Waals surface area (Å²) in [5.41, 5.74) is 3.05. The van der Waals surface area contributed by atoms with E-state index in [1.54, 1.807) is 13.1 Å². The second-order valence-electron chi connectivity index (χ2n) is 4.43. The van der Waals surface area contributed by atoms with Crippen molar-refractivity contribution in [1.82, 2.24) is 9.78 Å². The van der Waals surface area contributed by atoms with Crippen LogP contribution in [0, 0.1) is 6.92 Å². The fraction of sp³-hybridized carbons (Fsp3) is 0.286. The molecule has 2 rings (SSSR count). The molecule has 1 atom stereocenters. The van der Waals surface area contributed by atoms with Gasteiger partial charge in [0.2, 0.25) is 0 Å². The second-order valence-corrected chi connectivity index (χ2v) is 4.43. The maximum Gasteiger partial charge on any atom is 0.310 e. The molecule has 0 aliphatic carbocycles. The van der Waals surface area contributed by atoms with E-state index in [-0.39, 0.29) is 0 Å². The quantitative estimate of drug-likeness (QED) is 0.898. The van der Waals surface area contributed by atoms with E-state index in [0.29, 0.717) is 6.54 Å². The highest BCUT2D eigenvalue weighted by Crippen LogP contribution is 2.16. The van der Waals surface area contributed by atoms with Crippen molar-refractivity contribution in [3.05, 3.63) is 53.3 Å². The Balaban J connectivity index is 2.13. The van der Waals surface area contributed by atoms with Crippen LogP contribution in [0.4, 0.5) is 0 Å². The number of rotatable bonds is 4. The third-order valence-electron chi connectivity index (χ3n) is 3.11. The molecule has 2 aromatic rings. The zero-order valence-electron chi connectivity index (χ0n) is 10.5. The van der Waals surface area contributed by atoms with Crippen molar-refractivity contribution in [3.63, 3.8) is 0 Å². The van der Waals surface area contributed by atoms with Gasteiger partial charge in [-0.05, 0) is 31.0 Å². The van der Waals surface area contributed by atoms with Gasteiger partial charge in [-0.2, -0.15) is 5.10 Å². The van der Waals surface area contributed by atoms with Gasteiger partial charge < -0.3 is 5.11 Å². The molecular weight excluding hydrogens is 228 g/mol. The maximum atomic E-state index is 10.9. The molecule has 4 heteroatoms. The number of nitrogens with zero attached hydrogens (tertiary/aromatic N) is 2. The Morgan fingerprint density at radius 2 is 2.00 bits per heavy atom. The minimum absolute atomic E-state index is 0.467. The van der Waals surface area contributed by atoms with E-state index in [1.807, 2.05) is 41.9 Å². The van der Waals surface area contributed by atoms with Crippen LogP contribution in [0.1, 0.15) is 29.7 Å². The van der Waals surface area contributed by atoms with Gasteiger partial charge in [-0.1, -0.05) is 24.3 Å². The molecule has 1 aromatic heterocycles. The van der Waals surface area contributed by atoms with Gasteiger partial charge >= 0.3 is 5.97 Å². The molecule has 0 aliphatic rings. The SMILES string of the molecule is Cc1ccnn1Cc1ccc(C(C)C(=O)O)cc1. The van der Waals surface area contributed by atoms with Crippen molar-refractivity contribution in [1.29, 1.82) is 0 Å². The number of carboxylic acid groups (broad SMARTS) is 1. The molecule has 0 spiro atoms. The number of hydrogen-bond acceptors (Lipinski definition) is 2. The molecule has 0 aliphatic heterocycles. The summed E-state index contributed by atoms with van der Waals surface area (Å²) in [6, 6.07) is 9.60. The first-order valence-electron chi connectivity index (χ1n) is 5.88. The largest absolute Gasteiger partial charge is 0.481 e. The summed E-state index contributed by atoms with van der Waals surface area (Å²) >= 11 is 0. The lowest BCUT2D eigenvalue weighted by Crippen LogP contribution is -2.08. The summed E-state index contributed by atoms with van der Waals surface area (Å²) in [6.07, 6.45) is 1.77. The summed E-state index contributed by atoms with van der Waals surface area (Å²) in [5, 5.41) is 13.2. The predicted molar refractivity (Wildman–Crippen MR) is 68.6 cm³/mol. The summed E-state index contributed by atoms with van der Waals surface area (Å²) < 4.78 is 1.91. The van der Waals surface area contributed by atoms with Crippen molar-refractivity contribution >= 4 is 5.97 Å². The number of hydrogen-bond donors (Lipinski definition) is 1. The minimum atomic E-state index is -0.800. The fourth-order valence-electron chi connectivity index (χ4n) is 1.79. The van der Waals surface area contributed by atoms with E-state index in [9.17, 15) is 4.79 Å². The van der Waals surface area contributed by atoms with Crippen molar-refractivity contribution in [2.75, 3.05) is 0 Å². The standard InChI is InChI=1S/C14H16N2O2/c1-10-7-8-15-16(10)9-12-3-5-13(6-4-12)11(2)14(17)18/h3-8,11H,9H2,1-2H3,(H,17,18). The molecular formula is C14H16N2O2. The van der Waals surface area contributed by atoms with Gasteiger partial charge in [0.05, 0.1) is 12.5 Å². The molecule has 0 amide bonds. The third-order valence-corrected chi connectivity index (χ3v) is 3.11. The van der Waals surface area contributed by atoms with E-state index >= 15 is 0 Å². The number of aryl methyl sites for hydroxylation is 1. The number of carboxylic acids is 1. The highest BCUT2D eigenvalue weighted by molar-refractivity contribution is 5.75. The Hall–Kier alpha value is -2.10. The van der Waals surface area contributed by atoms with Gasteiger partial charge in [0.1, 0.15) is 0 Å². The predicted octanol–water partition coefficient (Wildman–Crippen LogP) is 2.43. The molecule has 1 heterocycles. The number of carbonyl (C=O) groups is 1. The summed E-state index contributed by atoms with van der Waals surface area (Å²) in [5.74, 6) is -1.27. The summed E-state index contributed by atoms with van der Waals surface area (Å²) in [7, 11) is 0. The lowest BCUT2D eigenvalue weighted by atomic mass is 10.0. The Morgan fingerprint density at radius 3 is 2.50 bits per heavy atom. The van der Waals surface area contributed by atoms with Gasteiger partial charge in [0, 0.05) is 11.9 Å². The Morgan fingerprint density at radius 1 is 1.33 bits per heavy atom. The molecule has 1 N–H and O–H groups in total. The van der Waals surface area contributed by atoms with E-state index in [1.165, 1.54) is 0 Å². The first-order valence-corrected chi connectivity index (χ1v) is 5.88. The van der Waals surface area contributed by atoms with E-state index in [4.69, 9.17) is 5.11 Å². The second kappa shape index (κ2) is 5.04. The number of aliphatic carboxylic acids is 1. The first kappa shape index (κ1) is 12.4. The molecule has 0 saturated carbocycles. The molecule has 0 saturated heterocycles. The molecule has 1 unspecified atom stereocenters. The van der Waals surface area contributed by atoms with Crippen LogP contribution in [0.15, 0.2) is 36.5 Å². The van der Waals surface area contributed by atoms with Crippen molar-refractivity contribution in [3.8, 4) is 0 Å². The monoisotopic (exact) mass is 244 g/mol. The number of benzene rings is 1. The fourth-order valence-corrected chi connectivity index (χ4v) is 1.79. The molecule has 0 radical (unpaired) electrons. The molecule has 0 fully saturated rings. The van der Waals surface area contributed by atoms with Crippen LogP contribution in [-0.2, 0) is 11.3 Å². The normalized spacial score (nSPS) is 12.3. The van der Waals surface area contributed by atoms with Crippen LogP contribution in [0.3, 0.4) is 0 Å². The average Bonchev–Trinajstić information content (AvgIpc) is 2.75. The van der Waals surface area contributed by atoms with Crippen LogP contribution in [0.25, 0.3) is 0 Å². The maximum absolute atomic E-state index is 10.9. The minimum Gasteiger partial charge on any atom is -0.481 e. The van der Waals surface area contributed by atoms with Gasteiger partial charge in [0.25, 0.3) is 0 Å². The smallest absolute Gasteiger partial charge is 0.310 e. The van der Waals surface area contributed by atoms with Crippen molar-refractivity contribution in [2.45, 2.75) is 26.3 Å². The molecule has 0 bridgehead atoms. The molecule has 18 heavy (non-hydrogen) atoms. The summed E-state index contributed by atoms with van der Waals surface area (Å²) in [4.78, 5) is 10.9. The van der Waals surface area contributed by atoms with E-state index < -0.39 is 11.9 Å². The first-order chi connectivity index (χ1) is 8.58. The Bertz CT molecular complexity index is 543. The highest BCUT2D eigenvalue weighted by atomic mass is 16.4. The molecule has 4 nitrogen and oxygen atoms in total. The third kappa shape index (κ3) is 2.59. The van der Waals surface area contributed by atoms with Crippen LogP contribution in [0.2, 0.25) is 0 Å². The zero-order valence-corrected chi connectivity index (χ0v) is 10.5. The lowest BCUT2D eigenvalue weighted by molar-refractivity contribution is -0.138. The van der Waals surface area contributed by atoms with Crippen LogP contribution >= 0.6 is 0 Å². The average molecular weight is 244 g/mol. The molecule has 94 valence electrons. The van der Waals surface area contributed by atoms with Gasteiger partial charge in [0.15, 0.2) is 0 Å².